The molecule has 202 valence electrons. The Morgan fingerprint density at radius 2 is 0.951 bits per heavy atom. The minimum absolute atomic E-state index is 0.0677. The lowest BCUT2D eigenvalue weighted by molar-refractivity contribution is 0.295. The van der Waals surface area contributed by atoms with Crippen LogP contribution in [0.15, 0.2) is 97.1 Å². The van der Waals surface area contributed by atoms with E-state index in [1.807, 2.05) is 0 Å². The van der Waals surface area contributed by atoms with Crippen molar-refractivity contribution in [2.75, 3.05) is 0 Å². The summed E-state index contributed by atoms with van der Waals surface area (Å²) in [7, 11) is -4.99. The second kappa shape index (κ2) is 9.20. The van der Waals surface area contributed by atoms with Crippen molar-refractivity contribution in [1.29, 1.82) is 0 Å². The molecule has 6 aromatic rings. The number of benzene rings is 6. The highest BCUT2D eigenvalue weighted by Crippen LogP contribution is 2.61. The van der Waals surface area contributed by atoms with Crippen LogP contribution >= 0.6 is 7.82 Å². The average molecular weight is 572 g/mol. The third-order valence-corrected chi connectivity index (χ3v) is 7.94. The first-order chi connectivity index (χ1) is 19.7. The highest BCUT2D eigenvalue weighted by atomic mass is 31.2. The lowest BCUT2D eigenvalue weighted by atomic mass is 9.86. The van der Waals surface area contributed by atoms with Gasteiger partial charge < -0.3 is 9.05 Å². The van der Waals surface area contributed by atoms with Crippen LogP contribution in [0, 0.1) is 23.3 Å². The summed E-state index contributed by atoms with van der Waals surface area (Å²) in [5.74, 6) is -3.73. The Balaban J connectivity index is 1.71. The van der Waals surface area contributed by atoms with Gasteiger partial charge in [0.2, 0.25) is 0 Å². The summed E-state index contributed by atoms with van der Waals surface area (Å²) >= 11 is 0. The number of fused-ring (bicyclic) bond motifs is 7. The fourth-order valence-corrected chi connectivity index (χ4v) is 6.29. The summed E-state index contributed by atoms with van der Waals surface area (Å²) in [5.41, 5.74) is 0.630. The van der Waals surface area contributed by atoms with Crippen molar-refractivity contribution in [2.24, 2.45) is 0 Å². The van der Waals surface area contributed by atoms with Gasteiger partial charge >= 0.3 is 7.82 Å². The Labute approximate surface area is 230 Å². The Bertz CT molecular complexity index is 1960. The van der Waals surface area contributed by atoms with Gasteiger partial charge in [0, 0.05) is 45.5 Å². The number of halogens is 4. The van der Waals surface area contributed by atoms with Crippen molar-refractivity contribution in [1.82, 2.24) is 0 Å². The van der Waals surface area contributed by atoms with Gasteiger partial charge in [-0.1, -0.05) is 48.5 Å². The lowest BCUT2D eigenvalue weighted by Crippen LogP contribution is -2.01. The predicted octanol–water partition coefficient (Wildman–Crippen LogP) is 9.42. The van der Waals surface area contributed by atoms with Gasteiger partial charge in [-0.05, 0) is 57.9 Å². The number of phosphoric ester groups is 1. The van der Waals surface area contributed by atoms with Gasteiger partial charge in [-0.15, -0.1) is 0 Å². The van der Waals surface area contributed by atoms with Gasteiger partial charge in [0.15, 0.2) is 0 Å². The van der Waals surface area contributed by atoms with Crippen LogP contribution in [0.3, 0.4) is 0 Å². The molecular formula is C32H17F4O4P. The fraction of sp³-hybridized carbons (Fsp3) is 0. The van der Waals surface area contributed by atoms with Crippen LogP contribution in [-0.4, -0.2) is 4.89 Å². The molecule has 0 atom stereocenters. The van der Waals surface area contributed by atoms with Gasteiger partial charge in [-0.3, -0.25) is 4.89 Å². The summed E-state index contributed by atoms with van der Waals surface area (Å²) in [6.45, 7) is 0. The Hall–Kier alpha value is -4.65. The first-order valence-corrected chi connectivity index (χ1v) is 13.9. The Kier molecular flexibility index (Phi) is 5.68. The van der Waals surface area contributed by atoms with E-state index in [0.717, 1.165) is 12.1 Å². The SMILES string of the molecule is O=P1(O)Oc2c(-c3ccc(F)cc3F)cc3ccccc3c2-c2c(c(-c3ccc(F)cc3F)cc3ccccc23)O1. The van der Waals surface area contributed by atoms with Crippen molar-refractivity contribution in [2.45, 2.75) is 0 Å². The van der Waals surface area contributed by atoms with Gasteiger partial charge in [0.1, 0.15) is 34.8 Å². The van der Waals surface area contributed by atoms with Crippen molar-refractivity contribution < 1.29 is 36.1 Å². The highest BCUT2D eigenvalue weighted by Gasteiger charge is 2.38. The van der Waals surface area contributed by atoms with Crippen LogP contribution in [0.5, 0.6) is 11.5 Å². The molecular weight excluding hydrogens is 555 g/mol. The van der Waals surface area contributed by atoms with Crippen LogP contribution in [0.25, 0.3) is 54.9 Å². The topological polar surface area (TPSA) is 55.8 Å². The Morgan fingerprint density at radius 3 is 1.37 bits per heavy atom. The normalized spacial score (nSPS) is 13.7. The smallest absolute Gasteiger partial charge is 0.394 e. The van der Waals surface area contributed by atoms with E-state index in [-0.39, 0.29) is 33.8 Å². The number of hydrogen-bond acceptors (Lipinski definition) is 3. The van der Waals surface area contributed by atoms with Crippen LogP contribution in [-0.2, 0) is 4.57 Å². The number of hydrogen-bond donors (Lipinski definition) is 1. The van der Waals surface area contributed by atoms with Crippen molar-refractivity contribution in [3.8, 4) is 44.9 Å². The van der Waals surface area contributed by atoms with Crippen molar-refractivity contribution >= 4 is 29.4 Å². The predicted molar refractivity (Wildman–Crippen MR) is 149 cm³/mol. The molecule has 0 saturated heterocycles. The molecule has 0 spiro atoms. The molecule has 0 fully saturated rings. The second-order valence-corrected chi connectivity index (χ2v) is 10.9. The van der Waals surface area contributed by atoms with Crippen LogP contribution < -0.4 is 9.05 Å². The van der Waals surface area contributed by atoms with E-state index >= 15 is 8.78 Å². The molecule has 0 aliphatic carbocycles. The highest BCUT2D eigenvalue weighted by molar-refractivity contribution is 7.48. The number of rotatable bonds is 2. The minimum atomic E-state index is -4.99. The summed E-state index contributed by atoms with van der Waals surface area (Å²) < 4.78 is 82.9. The van der Waals surface area contributed by atoms with Crippen LogP contribution in [0.2, 0.25) is 0 Å². The lowest BCUT2D eigenvalue weighted by Gasteiger charge is -2.19. The molecule has 41 heavy (non-hydrogen) atoms. The minimum Gasteiger partial charge on any atom is -0.394 e. The Morgan fingerprint density at radius 1 is 0.537 bits per heavy atom. The number of phosphoric acid groups is 1. The molecule has 0 unspecified atom stereocenters. The molecule has 0 radical (unpaired) electrons. The monoisotopic (exact) mass is 572 g/mol. The zero-order valence-corrected chi connectivity index (χ0v) is 21.8. The van der Waals surface area contributed by atoms with Gasteiger partial charge in [-0.25, -0.2) is 22.1 Å². The van der Waals surface area contributed by atoms with E-state index in [2.05, 4.69) is 0 Å². The molecule has 0 aromatic heterocycles. The van der Waals surface area contributed by atoms with E-state index in [4.69, 9.17) is 9.05 Å². The summed E-state index contributed by atoms with van der Waals surface area (Å²) in [4.78, 5) is 11.0. The van der Waals surface area contributed by atoms with Crippen LogP contribution in [0.1, 0.15) is 0 Å². The van der Waals surface area contributed by atoms with Crippen molar-refractivity contribution in [3.63, 3.8) is 0 Å². The quantitative estimate of drug-likeness (QED) is 0.166. The third-order valence-electron chi connectivity index (χ3n) is 7.11. The maximum atomic E-state index is 15.2. The van der Waals surface area contributed by atoms with Crippen LogP contribution in [0.4, 0.5) is 17.6 Å². The van der Waals surface area contributed by atoms with E-state index in [9.17, 15) is 18.2 Å². The summed E-state index contributed by atoms with van der Waals surface area (Å²) in [6, 6.07) is 23.3. The van der Waals surface area contributed by atoms with Gasteiger partial charge in [0.05, 0.1) is 0 Å². The van der Waals surface area contributed by atoms with E-state index < -0.39 is 31.1 Å². The molecule has 4 nitrogen and oxygen atoms in total. The molecule has 1 aliphatic rings. The fourth-order valence-electron chi connectivity index (χ4n) is 5.41. The zero-order chi connectivity index (χ0) is 28.5. The standard InChI is InChI=1S/C32H17F4O4P/c33-19-9-11-23(27(35)15-19)25-13-17-5-1-3-7-21(17)29-30-22-8-4-2-6-18(22)14-26(24-12-10-20(34)16-28(24)36)32(30)40-41(37,38)39-31(25)29/h1-16H,(H,37,38). The third kappa shape index (κ3) is 4.15. The molecule has 1 N–H and O–H groups in total. The molecule has 0 saturated carbocycles. The maximum Gasteiger partial charge on any atom is 0.584 e. The molecule has 0 amide bonds. The summed E-state index contributed by atoms with van der Waals surface area (Å²) in [6.07, 6.45) is 0. The molecule has 9 heteroatoms. The van der Waals surface area contributed by atoms with E-state index in [1.165, 1.54) is 12.1 Å². The molecule has 1 heterocycles. The zero-order valence-electron chi connectivity index (χ0n) is 20.9. The summed E-state index contributed by atoms with van der Waals surface area (Å²) in [5, 5.41) is 2.39. The average Bonchev–Trinajstić information content (AvgIpc) is 3.06. The molecule has 1 aliphatic heterocycles. The van der Waals surface area contributed by atoms with E-state index in [0.29, 0.717) is 44.8 Å². The molecule has 7 rings (SSSR count). The maximum absolute atomic E-state index is 15.2. The first kappa shape index (κ1) is 25.3. The largest absolute Gasteiger partial charge is 0.584 e. The van der Waals surface area contributed by atoms with Gasteiger partial charge in [0.25, 0.3) is 0 Å². The second-order valence-electron chi connectivity index (χ2n) is 9.60. The molecule has 6 aromatic carbocycles. The van der Waals surface area contributed by atoms with Gasteiger partial charge in [-0.2, -0.15) is 0 Å². The first-order valence-electron chi connectivity index (χ1n) is 12.4. The molecule has 0 bridgehead atoms. The van der Waals surface area contributed by atoms with E-state index in [1.54, 1.807) is 60.7 Å². The van der Waals surface area contributed by atoms with Crippen molar-refractivity contribution in [3.05, 3.63) is 120 Å².